The molecule has 0 saturated carbocycles. The van der Waals surface area contributed by atoms with Crippen molar-refractivity contribution in [2.24, 2.45) is 0 Å². The first-order valence-electron chi connectivity index (χ1n) is 10.8. The van der Waals surface area contributed by atoms with Crippen molar-refractivity contribution in [3.05, 3.63) is 110 Å². The third-order valence-corrected chi connectivity index (χ3v) is 6.02. The Morgan fingerprint density at radius 2 is 1.86 bits per heavy atom. The minimum Gasteiger partial charge on any atom is -0.398 e. The molecule has 0 aliphatic heterocycles. The van der Waals surface area contributed by atoms with Crippen LogP contribution >= 0.6 is 23.8 Å². The van der Waals surface area contributed by atoms with Crippen LogP contribution in [-0.2, 0) is 0 Å². The zero-order valence-corrected chi connectivity index (χ0v) is 20.4. The van der Waals surface area contributed by atoms with E-state index in [1.807, 2.05) is 49.4 Å². The molecule has 0 unspecified atom stereocenters. The fraction of sp³-hybridized carbons (Fsp3) is 0.0741. The van der Waals surface area contributed by atoms with Crippen LogP contribution in [0.2, 0.25) is 5.02 Å². The number of hydrogen-bond acceptors (Lipinski definition) is 5. The summed E-state index contributed by atoms with van der Waals surface area (Å²) in [4.78, 5) is 4.19. The van der Waals surface area contributed by atoms with Gasteiger partial charge in [0.15, 0.2) is 5.82 Å². The summed E-state index contributed by atoms with van der Waals surface area (Å²) >= 11 is 11.3. The zero-order chi connectivity index (χ0) is 24.9. The monoisotopic (exact) mass is 504 g/mol. The molecule has 0 saturated heterocycles. The number of allylic oxidation sites excluding steroid dienone is 1. The maximum Gasteiger partial charge on any atom is 0.314 e. The fourth-order valence-corrected chi connectivity index (χ4v) is 4.28. The Labute approximate surface area is 212 Å². The minimum atomic E-state index is -0.391. The zero-order valence-electron chi connectivity index (χ0n) is 18.8. The minimum absolute atomic E-state index is 0.147. The molecule has 8 heteroatoms. The summed E-state index contributed by atoms with van der Waals surface area (Å²) in [5, 5.41) is 10.7. The second-order valence-electron chi connectivity index (χ2n) is 7.74. The number of H-pyrrole nitrogens is 1. The van der Waals surface area contributed by atoms with Crippen LogP contribution in [-0.4, -0.2) is 16.4 Å². The summed E-state index contributed by atoms with van der Waals surface area (Å²) in [7, 11) is 0. The number of aromatic nitrogens is 2. The van der Waals surface area contributed by atoms with Crippen LogP contribution in [0, 0.1) is 16.1 Å². The lowest BCUT2D eigenvalue weighted by Gasteiger charge is -2.18. The molecule has 176 valence electrons. The normalized spacial score (nSPS) is 12.1. The van der Waals surface area contributed by atoms with Gasteiger partial charge in [0, 0.05) is 17.5 Å². The molecular weight excluding hydrogens is 483 g/mol. The molecule has 4 N–H and O–H groups in total. The second kappa shape index (κ2) is 10.6. The van der Waals surface area contributed by atoms with Gasteiger partial charge in [0.2, 0.25) is 0 Å². The molecule has 35 heavy (non-hydrogen) atoms. The average Bonchev–Trinajstić information content (AvgIpc) is 3.28. The number of aromatic amines is 1. The van der Waals surface area contributed by atoms with Crippen molar-refractivity contribution >= 4 is 59.0 Å². The number of nitrogen functional groups attached to an aromatic ring is 1. The molecule has 0 atom stereocenters. The van der Waals surface area contributed by atoms with E-state index >= 15 is 0 Å². The lowest BCUT2D eigenvalue weighted by Crippen LogP contribution is -1.99. The van der Waals surface area contributed by atoms with Gasteiger partial charge in [-0.2, -0.15) is 4.98 Å². The summed E-state index contributed by atoms with van der Waals surface area (Å²) in [5.41, 5.74) is 12.6. The van der Waals surface area contributed by atoms with E-state index in [0.29, 0.717) is 28.5 Å². The predicted molar refractivity (Wildman–Crippen MR) is 143 cm³/mol. The van der Waals surface area contributed by atoms with Crippen LogP contribution in [0.15, 0.2) is 65.2 Å². The number of nitrogens with one attached hydrogen (secondary N) is 2. The highest BCUT2D eigenvalue weighted by Crippen LogP contribution is 2.38. The predicted octanol–water partition coefficient (Wildman–Crippen LogP) is 7.64. The lowest BCUT2D eigenvalue weighted by molar-refractivity contribution is 0.403. The van der Waals surface area contributed by atoms with E-state index < -0.39 is 5.82 Å². The molecule has 4 rings (SSSR count). The van der Waals surface area contributed by atoms with E-state index in [0.717, 1.165) is 33.4 Å². The first-order chi connectivity index (χ1) is 16.9. The van der Waals surface area contributed by atoms with Crippen molar-refractivity contribution in [2.75, 3.05) is 5.73 Å². The van der Waals surface area contributed by atoms with Gasteiger partial charge in [0.1, 0.15) is 5.82 Å². The highest BCUT2D eigenvalue weighted by molar-refractivity contribution is 7.71. The Bertz CT molecular complexity index is 1500. The molecule has 1 heterocycles. The van der Waals surface area contributed by atoms with E-state index in [9.17, 15) is 4.39 Å². The van der Waals surface area contributed by atoms with Crippen molar-refractivity contribution < 1.29 is 8.91 Å². The Hall–Kier alpha value is -3.81. The maximum absolute atomic E-state index is 13.8. The smallest absolute Gasteiger partial charge is 0.314 e. The number of nitrogens with zero attached hydrogens (tertiary/aromatic N) is 1. The molecule has 3 aromatic carbocycles. The first kappa shape index (κ1) is 24.3. The van der Waals surface area contributed by atoms with Crippen LogP contribution in [0.25, 0.3) is 23.3 Å². The lowest BCUT2D eigenvalue weighted by atomic mass is 9.87. The summed E-state index contributed by atoms with van der Waals surface area (Å²) in [6.07, 6.45) is 5.55. The van der Waals surface area contributed by atoms with Gasteiger partial charge < -0.3 is 15.7 Å². The van der Waals surface area contributed by atoms with E-state index in [1.165, 1.54) is 18.3 Å². The molecule has 0 radical (unpaired) electrons. The molecule has 0 fully saturated rings. The Kier molecular flexibility index (Phi) is 7.39. The molecule has 0 spiro atoms. The number of hydrogen-bond donors (Lipinski definition) is 3. The molecule has 0 aliphatic carbocycles. The van der Waals surface area contributed by atoms with Crippen molar-refractivity contribution in [3.8, 4) is 0 Å². The molecular formula is C27H22ClFN4OS. The van der Waals surface area contributed by atoms with Gasteiger partial charge in [-0.25, -0.2) is 9.55 Å². The van der Waals surface area contributed by atoms with Crippen molar-refractivity contribution in [1.29, 1.82) is 5.41 Å². The van der Waals surface area contributed by atoms with Gasteiger partial charge in [-0.3, -0.25) is 0 Å². The van der Waals surface area contributed by atoms with Crippen molar-refractivity contribution in [1.82, 2.24) is 10.1 Å². The summed E-state index contributed by atoms with van der Waals surface area (Å²) < 4.78 is 18.7. The summed E-state index contributed by atoms with van der Waals surface area (Å²) in [6.45, 7) is 2.03. The molecule has 0 aliphatic rings. The maximum atomic E-state index is 13.8. The van der Waals surface area contributed by atoms with Crippen molar-refractivity contribution in [3.63, 3.8) is 0 Å². The number of rotatable bonds is 7. The van der Waals surface area contributed by atoms with Crippen molar-refractivity contribution in [2.45, 2.75) is 13.3 Å². The van der Waals surface area contributed by atoms with E-state index in [-0.39, 0.29) is 4.84 Å². The van der Waals surface area contributed by atoms with Crippen LogP contribution in [0.1, 0.15) is 47.0 Å². The summed E-state index contributed by atoms with van der Waals surface area (Å²) in [6, 6.07) is 18.0. The fourth-order valence-electron chi connectivity index (χ4n) is 3.85. The Balaban J connectivity index is 1.86. The van der Waals surface area contributed by atoms with E-state index in [4.69, 9.17) is 39.5 Å². The van der Waals surface area contributed by atoms with Crippen LogP contribution in [0.3, 0.4) is 0 Å². The van der Waals surface area contributed by atoms with Gasteiger partial charge in [0.25, 0.3) is 0 Å². The van der Waals surface area contributed by atoms with Gasteiger partial charge in [0.05, 0.1) is 5.02 Å². The van der Waals surface area contributed by atoms with Gasteiger partial charge in [-0.1, -0.05) is 61.0 Å². The Morgan fingerprint density at radius 1 is 1.11 bits per heavy atom. The third kappa shape index (κ3) is 5.48. The van der Waals surface area contributed by atoms with Gasteiger partial charge in [-0.05, 0) is 82.4 Å². The molecule has 1 aromatic heterocycles. The van der Waals surface area contributed by atoms with E-state index in [2.05, 4.69) is 10.1 Å². The quantitative estimate of drug-likeness (QED) is 0.104. The highest BCUT2D eigenvalue weighted by Gasteiger charge is 2.16. The molecule has 4 aromatic rings. The molecule has 0 bridgehead atoms. The number of benzene rings is 3. The largest absolute Gasteiger partial charge is 0.398 e. The highest BCUT2D eigenvalue weighted by atomic mass is 35.5. The SMILES string of the molecule is CC/C(=C(/c1ccc(/C=C/c2nc(=S)o[nH]2)cc1)c1ccc(N)c(C=N)c1)c1ccc(F)cc1Cl. The van der Waals surface area contributed by atoms with Gasteiger partial charge >= 0.3 is 4.84 Å². The topological polar surface area (TPSA) is 91.7 Å². The average molecular weight is 505 g/mol. The number of halogens is 2. The Morgan fingerprint density at radius 3 is 2.49 bits per heavy atom. The third-order valence-electron chi connectivity index (χ3n) is 5.53. The number of nitrogens with two attached hydrogens (primary N) is 1. The standard InChI is InChI=1S/C27H22ClFN4OS/c1-2-21(22-10-9-20(29)14-23(22)28)26(18-8-11-24(31)19(13-18)15-30)17-6-3-16(4-7-17)5-12-25-32-27(35)34-33-25/h3-15,30H,2,31H2,1H3,(H,32,33,35)/b12-5+,26-21+,30-15?. The first-order valence-corrected chi connectivity index (χ1v) is 11.6. The molecule has 0 amide bonds. The summed E-state index contributed by atoms with van der Waals surface area (Å²) in [5.74, 6) is 0.137. The van der Waals surface area contributed by atoms with Crippen LogP contribution in [0.5, 0.6) is 0 Å². The second-order valence-corrected chi connectivity index (χ2v) is 8.50. The van der Waals surface area contributed by atoms with Crippen LogP contribution < -0.4 is 5.73 Å². The number of anilines is 1. The molecule has 5 nitrogen and oxygen atoms in total. The van der Waals surface area contributed by atoms with E-state index in [1.54, 1.807) is 18.2 Å². The van der Waals surface area contributed by atoms with Gasteiger partial charge in [-0.15, -0.1) is 0 Å². The van der Waals surface area contributed by atoms with Crippen LogP contribution in [0.4, 0.5) is 10.1 Å².